The highest BCUT2D eigenvalue weighted by Crippen LogP contribution is 2.51. The molecule has 7 atom stereocenters. The molecule has 0 aliphatic heterocycles. The van der Waals surface area contributed by atoms with Crippen LogP contribution in [0.15, 0.2) is 42.5 Å². The second-order valence-corrected chi connectivity index (χ2v) is 10.9. The van der Waals surface area contributed by atoms with Gasteiger partial charge >= 0.3 is 0 Å². The minimum atomic E-state index is -2.68. The van der Waals surface area contributed by atoms with Gasteiger partial charge in [-0.1, -0.05) is 42.2 Å². The maximum atomic E-state index is 13.9. The third kappa shape index (κ3) is 4.07. The van der Waals surface area contributed by atoms with E-state index in [1.165, 1.54) is 6.07 Å². The van der Waals surface area contributed by atoms with E-state index in [0.29, 0.717) is 17.5 Å². The second-order valence-electron chi connectivity index (χ2n) is 10.9. The van der Waals surface area contributed by atoms with E-state index in [2.05, 4.69) is 11.8 Å². The van der Waals surface area contributed by atoms with Gasteiger partial charge in [0, 0.05) is 23.9 Å². The van der Waals surface area contributed by atoms with Gasteiger partial charge in [-0.2, -0.15) is 0 Å². The summed E-state index contributed by atoms with van der Waals surface area (Å²) in [6, 6.07) is 11.7. The van der Waals surface area contributed by atoms with E-state index in [1.54, 1.807) is 25.1 Å². The third-order valence-electron chi connectivity index (χ3n) is 8.53. The maximum absolute atomic E-state index is 13.9. The smallest absolute Gasteiger partial charge is 0.230 e. The van der Waals surface area contributed by atoms with Crippen LogP contribution in [0.1, 0.15) is 33.5 Å². The summed E-state index contributed by atoms with van der Waals surface area (Å²) >= 11 is 0. The Morgan fingerprint density at radius 2 is 1.79 bits per heavy atom. The highest BCUT2D eigenvalue weighted by Gasteiger charge is 2.69. The number of nitrogens with two attached hydrogens (primary N) is 1. The van der Waals surface area contributed by atoms with Crippen molar-refractivity contribution in [2.75, 3.05) is 14.1 Å². The van der Waals surface area contributed by atoms with E-state index in [0.717, 1.165) is 5.56 Å². The summed E-state index contributed by atoms with van der Waals surface area (Å²) in [7, 11) is 3.22. The topological polar surface area (TPSA) is 158 Å². The van der Waals surface area contributed by atoms with Crippen molar-refractivity contribution in [2.24, 2.45) is 29.4 Å². The number of likely N-dealkylation sites (N-methyl/N-ethyl adjacent to an activating group) is 1. The van der Waals surface area contributed by atoms with Crippen LogP contribution in [0, 0.1) is 35.5 Å². The molecule has 2 fully saturated rings. The van der Waals surface area contributed by atoms with Gasteiger partial charge in [0.2, 0.25) is 5.91 Å². The van der Waals surface area contributed by atoms with Gasteiger partial charge in [0.1, 0.15) is 11.7 Å². The van der Waals surface area contributed by atoms with Crippen molar-refractivity contribution in [1.82, 2.24) is 4.90 Å². The maximum Gasteiger partial charge on any atom is 0.230 e. The highest BCUT2D eigenvalue weighted by atomic mass is 16.3. The predicted octanol–water partition coefficient (Wildman–Crippen LogP) is 0.253. The zero-order valence-corrected chi connectivity index (χ0v) is 21.6. The number of hydrogen-bond acceptors (Lipinski definition) is 8. The highest BCUT2D eigenvalue weighted by molar-refractivity contribution is 6.25. The summed E-state index contributed by atoms with van der Waals surface area (Å²) in [5, 5.41) is 33.2. The van der Waals surface area contributed by atoms with Crippen molar-refractivity contribution < 1.29 is 34.5 Å². The number of carbonyl (C=O) groups excluding carboxylic acids is 4. The first-order valence-electron chi connectivity index (χ1n) is 12.8. The Hall–Kier alpha value is -3.84. The summed E-state index contributed by atoms with van der Waals surface area (Å²) in [4.78, 5) is 54.7. The molecule has 39 heavy (non-hydrogen) atoms. The Kier molecular flexibility index (Phi) is 6.67. The van der Waals surface area contributed by atoms with E-state index in [9.17, 15) is 34.5 Å². The van der Waals surface area contributed by atoms with E-state index in [-0.39, 0.29) is 24.2 Å². The molecule has 0 heterocycles. The summed E-state index contributed by atoms with van der Waals surface area (Å²) in [5.74, 6) is -3.03. The average molecular weight is 531 g/mol. The van der Waals surface area contributed by atoms with Gasteiger partial charge in [0.25, 0.3) is 0 Å². The first kappa shape index (κ1) is 26.8. The average Bonchev–Trinajstić information content (AvgIpc) is 2.87. The van der Waals surface area contributed by atoms with E-state index in [4.69, 9.17) is 5.73 Å². The monoisotopic (exact) mass is 530 g/mol. The summed E-state index contributed by atoms with van der Waals surface area (Å²) in [6.45, 7) is 0. The van der Waals surface area contributed by atoms with E-state index >= 15 is 0 Å². The zero-order chi connectivity index (χ0) is 28.2. The number of hydrogen-bond donors (Lipinski definition) is 4. The van der Waals surface area contributed by atoms with Crippen LogP contribution in [0.5, 0.6) is 5.75 Å². The third-order valence-corrected chi connectivity index (χ3v) is 8.53. The fourth-order valence-corrected chi connectivity index (χ4v) is 6.78. The Morgan fingerprint density at radius 3 is 2.44 bits per heavy atom. The molecule has 0 radical (unpaired) electrons. The number of benzene rings is 2. The number of rotatable bonds is 3. The molecule has 3 unspecified atom stereocenters. The summed E-state index contributed by atoms with van der Waals surface area (Å²) in [5.41, 5.74) is 4.77. The number of aliphatic hydroxyl groups is 2. The molecular weight excluding hydrogens is 500 g/mol. The van der Waals surface area contributed by atoms with Gasteiger partial charge in [-0.25, -0.2) is 0 Å². The molecule has 0 spiro atoms. The van der Waals surface area contributed by atoms with Crippen LogP contribution in [0.3, 0.4) is 0 Å². The second kappa shape index (κ2) is 9.72. The van der Waals surface area contributed by atoms with Gasteiger partial charge in [-0.3, -0.25) is 19.2 Å². The number of phenolic OH excluding ortho intramolecular Hbond substituents is 1. The largest absolute Gasteiger partial charge is 0.507 e. The van der Waals surface area contributed by atoms with Crippen LogP contribution in [0.25, 0.3) is 0 Å². The SMILES string of the molecule is CN(C)[C@H]1C(O)C(C(N)=O)C(=O)[C@]2(O)C(=O)C3C(=O)c4c(O)ccc(C#CCc5ccccc5)c4C[C@@H]3C[C@H]12. The lowest BCUT2D eigenvalue weighted by molar-refractivity contribution is -0.190. The molecule has 2 aromatic rings. The fourth-order valence-electron chi connectivity index (χ4n) is 6.78. The van der Waals surface area contributed by atoms with Crippen LogP contribution >= 0.6 is 0 Å². The Morgan fingerprint density at radius 1 is 1.10 bits per heavy atom. The number of ketones is 3. The van der Waals surface area contributed by atoms with Gasteiger partial charge in [0.15, 0.2) is 23.0 Å². The minimum Gasteiger partial charge on any atom is -0.507 e. The van der Waals surface area contributed by atoms with E-state index < -0.39 is 64.7 Å². The van der Waals surface area contributed by atoms with Gasteiger partial charge in [-0.05, 0) is 56.1 Å². The van der Waals surface area contributed by atoms with Crippen LogP contribution in [-0.2, 0) is 27.2 Å². The molecular formula is C30H30N2O7. The lowest BCUT2D eigenvalue weighted by atomic mass is 9.52. The Balaban J connectivity index is 1.57. The van der Waals surface area contributed by atoms with Gasteiger partial charge < -0.3 is 26.0 Å². The van der Waals surface area contributed by atoms with Crippen LogP contribution in [0.2, 0.25) is 0 Å². The van der Waals surface area contributed by atoms with Crippen molar-refractivity contribution >= 4 is 23.3 Å². The number of aromatic hydroxyl groups is 1. The summed E-state index contributed by atoms with van der Waals surface area (Å²) < 4.78 is 0. The van der Waals surface area contributed by atoms with Crippen LogP contribution in [0.4, 0.5) is 0 Å². The number of primary amides is 1. The minimum absolute atomic E-state index is 0.0444. The molecule has 202 valence electrons. The lowest BCUT2D eigenvalue weighted by Gasteiger charge is -2.54. The van der Waals surface area contributed by atoms with Crippen molar-refractivity contribution in [2.45, 2.75) is 37.0 Å². The van der Waals surface area contributed by atoms with Gasteiger partial charge in [0.05, 0.1) is 17.6 Å². The van der Waals surface area contributed by atoms with Gasteiger partial charge in [-0.15, -0.1) is 0 Å². The van der Waals surface area contributed by atoms with Crippen molar-refractivity contribution in [3.05, 3.63) is 64.7 Å². The predicted molar refractivity (Wildman–Crippen MR) is 139 cm³/mol. The number of amides is 1. The number of aliphatic hydroxyl groups excluding tert-OH is 1. The van der Waals surface area contributed by atoms with Crippen molar-refractivity contribution in [3.63, 3.8) is 0 Å². The normalized spacial score (nSPS) is 31.6. The number of Topliss-reactive ketones (excluding diaryl/α,β-unsaturated/α-hetero) is 3. The first-order valence-corrected chi connectivity index (χ1v) is 12.8. The molecule has 0 saturated heterocycles. The standard InChI is InChI=1S/C30H30N2O7/c1-32(2)24-19-14-17-13-18-16(10-6-9-15-7-4-3-5-8-15)11-12-20(33)22(18)25(34)21(17)27(36)30(19,39)28(37)23(26(24)35)29(31)38/h3-5,7-8,11-12,17,19,21,23-24,26,33,35,39H,9,13-14H2,1-2H3,(H2,31,38)/t17-,19-,21?,23?,24-,26?,30-/m1/s1. The number of phenols is 1. The van der Waals surface area contributed by atoms with Crippen LogP contribution < -0.4 is 5.73 Å². The molecule has 9 heteroatoms. The molecule has 2 saturated carbocycles. The lowest BCUT2D eigenvalue weighted by Crippen LogP contribution is -2.75. The molecule has 1 amide bonds. The molecule has 5 rings (SSSR count). The Labute approximate surface area is 225 Å². The molecule has 9 nitrogen and oxygen atoms in total. The number of fused-ring (bicyclic) bond motifs is 3. The molecule has 0 aromatic heterocycles. The molecule has 3 aliphatic rings. The quantitative estimate of drug-likeness (QED) is 0.325. The Bertz CT molecular complexity index is 1440. The van der Waals surface area contributed by atoms with Crippen molar-refractivity contribution in [1.29, 1.82) is 0 Å². The number of nitrogens with zero attached hydrogens (tertiary/aromatic N) is 1. The number of carbonyl (C=O) groups is 4. The van der Waals surface area contributed by atoms with Crippen LogP contribution in [-0.4, -0.2) is 75.3 Å². The van der Waals surface area contributed by atoms with E-state index in [1.807, 2.05) is 30.3 Å². The van der Waals surface area contributed by atoms with Crippen molar-refractivity contribution in [3.8, 4) is 17.6 Å². The molecule has 3 aliphatic carbocycles. The summed E-state index contributed by atoms with van der Waals surface area (Å²) in [6.07, 6.45) is -0.788. The molecule has 0 bridgehead atoms. The first-order chi connectivity index (χ1) is 18.5. The zero-order valence-electron chi connectivity index (χ0n) is 21.6. The molecule has 5 N–H and O–H groups in total. The molecule has 2 aromatic carbocycles. The fraction of sp³-hybridized carbons (Fsp3) is 0.400.